The van der Waals surface area contributed by atoms with Gasteiger partial charge in [-0.25, -0.2) is 9.97 Å². The largest absolute Gasteiger partial charge is 0.432 e. The van der Waals surface area contributed by atoms with Gasteiger partial charge >= 0.3 is 10.2 Å². The number of rotatable bonds is 8. The normalized spacial score (nSPS) is 15.3. The van der Waals surface area contributed by atoms with Gasteiger partial charge in [0.05, 0.1) is 24.3 Å². The number of fused-ring (bicyclic) bond motifs is 3. The van der Waals surface area contributed by atoms with Gasteiger partial charge in [0.1, 0.15) is 17.0 Å². The summed E-state index contributed by atoms with van der Waals surface area (Å²) in [4.78, 5) is 20.0. The van der Waals surface area contributed by atoms with Gasteiger partial charge in [0.15, 0.2) is 11.4 Å². The molecule has 1 aliphatic heterocycles. The number of morpholine rings is 1. The summed E-state index contributed by atoms with van der Waals surface area (Å²) in [7, 11) is 0.451. The lowest BCUT2D eigenvalue weighted by molar-refractivity contribution is 0.122. The molecule has 4 aromatic rings. The van der Waals surface area contributed by atoms with E-state index in [0.29, 0.717) is 65.7 Å². The third-order valence-electron chi connectivity index (χ3n) is 5.87. The maximum absolute atomic E-state index is 13.2. The highest BCUT2D eigenvalue weighted by atomic mass is 32.2. The number of hydrogen-bond acceptors (Lipinski definition) is 11. The fourth-order valence-electron chi connectivity index (χ4n) is 3.96. The van der Waals surface area contributed by atoms with Crippen LogP contribution in [0.1, 0.15) is 5.69 Å². The zero-order valence-corrected chi connectivity index (χ0v) is 22.0. The van der Waals surface area contributed by atoms with Crippen LogP contribution in [0.3, 0.4) is 0 Å². The van der Waals surface area contributed by atoms with E-state index in [0.717, 1.165) is 8.39 Å². The Morgan fingerprint density at radius 1 is 1.26 bits per heavy atom. The predicted octanol–water partition coefficient (Wildman–Crippen LogP) is 2.36. The van der Waals surface area contributed by atoms with Gasteiger partial charge in [0.25, 0.3) is 0 Å². The summed E-state index contributed by atoms with van der Waals surface area (Å²) in [6.07, 6.45) is 6.62. The number of aliphatic imine (C=N–C) groups is 1. The summed E-state index contributed by atoms with van der Waals surface area (Å²) in [5.41, 5.74) is 2.29. The average molecular weight is 538 g/mol. The van der Waals surface area contributed by atoms with E-state index < -0.39 is 10.2 Å². The first-order valence-electron chi connectivity index (χ1n) is 11.8. The highest BCUT2D eigenvalue weighted by Gasteiger charge is 2.26. The van der Waals surface area contributed by atoms with Crippen molar-refractivity contribution in [1.82, 2.24) is 28.4 Å². The average Bonchev–Trinajstić information content (AvgIpc) is 3.51. The summed E-state index contributed by atoms with van der Waals surface area (Å²) in [6.45, 7) is 5.97. The Kier molecular flexibility index (Phi) is 6.93. The second kappa shape index (κ2) is 10.3. The molecule has 14 heteroatoms. The van der Waals surface area contributed by atoms with E-state index in [1.54, 1.807) is 43.6 Å². The molecule has 1 saturated heterocycles. The van der Waals surface area contributed by atoms with E-state index in [4.69, 9.17) is 14.1 Å². The van der Waals surface area contributed by atoms with E-state index in [-0.39, 0.29) is 11.8 Å². The van der Waals surface area contributed by atoms with Crippen LogP contribution in [0.25, 0.3) is 22.2 Å². The summed E-state index contributed by atoms with van der Waals surface area (Å²) in [5.74, 6) is 0.870. The van der Waals surface area contributed by atoms with Crippen LogP contribution in [-0.4, -0.2) is 90.0 Å². The summed E-state index contributed by atoms with van der Waals surface area (Å²) in [6, 6.07) is 5.24. The van der Waals surface area contributed by atoms with Gasteiger partial charge in [-0.15, -0.1) is 4.09 Å². The minimum atomic E-state index is -4.00. The fourth-order valence-corrected chi connectivity index (χ4v) is 4.81. The Bertz CT molecular complexity index is 1660. The number of aromatic nitrogens is 5. The van der Waals surface area contributed by atoms with Crippen LogP contribution in [0.15, 0.2) is 58.6 Å². The van der Waals surface area contributed by atoms with Crippen molar-refractivity contribution < 1.29 is 17.6 Å². The van der Waals surface area contributed by atoms with Crippen LogP contribution < -0.4 is 10.2 Å². The minimum Gasteiger partial charge on any atom is -0.432 e. The SMILES string of the molecule is C=C/C=C\C(=NC)c1cc(Nc2nc(N3CCOCC3)c3oc4ncccc4c3n2)n(S(=O)(=O)N(C)C)n1. The molecule has 198 valence electrons. The van der Waals surface area contributed by atoms with Gasteiger partial charge in [-0.2, -0.15) is 22.8 Å². The number of anilines is 3. The van der Waals surface area contributed by atoms with Crippen LogP contribution >= 0.6 is 0 Å². The quantitative estimate of drug-likeness (QED) is 0.263. The Morgan fingerprint density at radius 3 is 2.76 bits per heavy atom. The van der Waals surface area contributed by atoms with Gasteiger partial charge in [0, 0.05) is 46.5 Å². The monoisotopic (exact) mass is 537 g/mol. The van der Waals surface area contributed by atoms with Crippen LogP contribution in [0.4, 0.5) is 17.6 Å². The molecule has 4 aromatic heterocycles. The van der Waals surface area contributed by atoms with E-state index in [2.05, 4.69) is 32.0 Å². The molecule has 0 amide bonds. The van der Waals surface area contributed by atoms with Crippen molar-refractivity contribution in [3.8, 4) is 0 Å². The number of ether oxygens (including phenoxy) is 1. The maximum Gasteiger partial charge on any atom is 0.324 e. The van der Waals surface area contributed by atoms with Crippen LogP contribution in [0, 0.1) is 0 Å². The molecule has 38 heavy (non-hydrogen) atoms. The fraction of sp³-hybridized carbons (Fsp3) is 0.292. The lowest BCUT2D eigenvalue weighted by atomic mass is 10.2. The molecule has 1 N–H and O–H groups in total. The third-order valence-corrected chi connectivity index (χ3v) is 7.51. The van der Waals surface area contributed by atoms with Crippen molar-refractivity contribution in [2.24, 2.45) is 4.99 Å². The van der Waals surface area contributed by atoms with Crippen molar-refractivity contribution in [2.45, 2.75) is 0 Å². The van der Waals surface area contributed by atoms with Crippen molar-refractivity contribution in [3.63, 3.8) is 0 Å². The number of hydrogen-bond donors (Lipinski definition) is 1. The Morgan fingerprint density at radius 2 is 2.05 bits per heavy atom. The smallest absolute Gasteiger partial charge is 0.324 e. The topological polar surface area (TPSA) is 144 Å². The third kappa shape index (κ3) is 4.64. The number of nitrogens with one attached hydrogen (secondary N) is 1. The minimum absolute atomic E-state index is 0.139. The Hall–Kier alpha value is -4.14. The van der Waals surface area contributed by atoms with E-state index in [9.17, 15) is 8.42 Å². The first-order chi connectivity index (χ1) is 18.3. The zero-order chi connectivity index (χ0) is 26.9. The molecular weight excluding hydrogens is 510 g/mol. The molecule has 0 aliphatic carbocycles. The van der Waals surface area contributed by atoms with Gasteiger partial charge in [-0.3, -0.25) is 4.99 Å². The number of furan rings is 1. The summed E-state index contributed by atoms with van der Waals surface area (Å²) in [5, 5.41) is 8.12. The molecule has 5 rings (SSSR count). The van der Waals surface area contributed by atoms with E-state index in [1.165, 1.54) is 14.1 Å². The van der Waals surface area contributed by atoms with Crippen molar-refractivity contribution in [2.75, 3.05) is 57.7 Å². The molecule has 0 aromatic carbocycles. The molecular formula is C24H27N9O4S. The molecule has 13 nitrogen and oxygen atoms in total. The second-order valence-electron chi connectivity index (χ2n) is 8.48. The van der Waals surface area contributed by atoms with Crippen LogP contribution in [0.2, 0.25) is 0 Å². The maximum atomic E-state index is 13.2. The first kappa shape index (κ1) is 25.5. The molecule has 0 radical (unpaired) electrons. The summed E-state index contributed by atoms with van der Waals surface area (Å²) < 4.78 is 39.8. The second-order valence-corrected chi connectivity index (χ2v) is 10.5. The molecule has 0 atom stereocenters. The van der Waals surface area contributed by atoms with E-state index in [1.807, 2.05) is 11.0 Å². The molecule has 0 spiro atoms. The van der Waals surface area contributed by atoms with Gasteiger partial charge in [-0.1, -0.05) is 18.7 Å². The number of pyridine rings is 1. The predicted molar refractivity (Wildman–Crippen MR) is 145 cm³/mol. The lowest BCUT2D eigenvalue weighted by Gasteiger charge is -2.27. The van der Waals surface area contributed by atoms with Gasteiger partial charge < -0.3 is 19.4 Å². The van der Waals surface area contributed by atoms with Crippen molar-refractivity contribution >= 4 is 55.7 Å². The lowest BCUT2D eigenvalue weighted by Crippen LogP contribution is -2.37. The summed E-state index contributed by atoms with van der Waals surface area (Å²) >= 11 is 0. The molecule has 1 fully saturated rings. The molecule has 0 saturated carbocycles. The standard InChI is InChI=1S/C24H27N9O4S/c1-5-6-9-17(25-2)18-15-19(33(30-18)38(34,35)31(3)4)27-24-28-20-16-8-7-10-26-23(16)37-21(20)22(29-24)32-11-13-36-14-12-32/h5-10,15H,1,11-14H2,2-4H3,(H,27,28,29)/b9-6-,25-17?. The van der Waals surface area contributed by atoms with Gasteiger partial charge in [0.2, 0.25) is 11.7 Å². The van der Waals surface area contributed by atoms with Gasteiger partial charge in [-0.05, 0) is 18.2 Å². The molecule has 0 unspecified atom stereocenters. The highest BCUT2D eigenvalue weighted by Crippen LogP contribution is 2.34. The van der Waals surface area contributed by atoms with Crippen molar-refractivity contribution in [1.29, 1.82) is 0 Å². The molecule has 0 bridgehead atoms. The van der Waals surface area contributed by atoms with Crippen LogP contribution in [0.5, 0.6) is 0 Å². The molecule has 5 heterocycles. The first-order valence-corrected chi connectivity index (χ1v) is 13.2. The van der Waals surface area contributed by atoms with E-state index >= 15 is 0 Å². The highest BCUT2D eigenvalue weighted by molar-refractivity contribution is 7.87. The van der Waals surface area contributed by atoms with Crippen molar-refractivity contribution in [3.05, 3.63) is 54.9 Å². The molecule has 1 aliphatic rings. The Labute approximate surface area is 219 Å². The number of nitrogens with zero attached hydrogens (tertiary/aromatic N) is 8. The number of allylic oxidation sites excluding steroid dienone is 3. The zero-order valence-electron chi connectivity index (χ0n) is 21.2. The Balaban J connectivity index is 1.67. The van der Waals surface area contributed by atoms with Crippen LogP contribution in [-0.2, 0) is 14.9 Å².